The van der Waals surface area contributed by atoms with E-state index in [4.69, 9.17) is 4.74 Å². The van der Waals surface area contributed by atoms with Gasteiger partial charge in [0, 0.05) is 5.92 Å². The van der Waals surface area contributed by atoms with Crippen molar-refractivity contribution >= 4 is 12.3 Å². The Morgan fingerprint density at radius 3 is 2.90 bits per heavy atom. The van der Waals surface area contributed by atoms with Gasteiger partial charge in [-0.2, -0.15) is 0 Å². The van der Waals surface area contributed by atoms with Gasteiger partial charge in [0.25, 0.3) is 0 Å². The molecule has 0 aromatic carbocycles. The number of hydrogen-bond acceptors (Lipinski definition) is 3. The molecule has 0 radical (unpaired) electrons. The molecule has 0 N–H and O–H groups in total. The number of hydrogen-bond donors (Lipinski definition) is 0. The van der Waals surface area contributed by atoms with Gasteiger partial charge in [-0.15, -0.1) is 0 Å². The summed E-state index contributed by atoms with van der Waals surface area (Å²) in [4.78, 5) is 20.9. The summed E-state index contributed by atoms with van der Waals surface area (Å²) in [5.74, 6) is -0.406. The zero-order valence-corrected chi connectivity index (χ0v) is 5.87. The maximum absolute atomic E-state index is 10.8. The van der Waals surface area contributed by atoms with Crippen LogP contribution < -0.4 is 0 Å². The van der Waals surface area contributed by atoms with Crippen molar-refractivity contribution in [3.05, 3.63) is 0 Å². The molecule has 1 unspecified atom stereocenters. The lowest BCUT2D eigenvalue weighted by atomic mass is 10.3. The Labute approximate surface area is 59.4 Å². The fourth-order valence-corrected chi connectivity index (χ4v) is 0.885. The smallest absolute Gasteiger partial charge is 0.309 e. The molecule has 1 aliphatic rings. The van der Waals surface area contributed by atoms with Gasteiger partial charge in [0.05, 0.1) is 12.5 Å². The van der Waals surface area contributed by atoms with Gasteiger partial charge in [-0.25, -0.2) is 0 Å². The summed E-state index contributed by atoms with van der Waals surface area (Å²) in [6, 6.07) is 0. The van der Waals surface area contributed by atoms with Gasteiger partial charge < -0.3 is 9.53 Å². The van der Waals surface area contributed by atoms with E-state index < -0.39 is 0 Å². The summed E-state index contributed by atoms with van der Waals surface area (Å²) in [7, 11) is 0. The van der Waals surface area contributed by atoms with Crippen LogP contribution >= 0.6 is 0 Å². The molecule has 0 aliphatic heterocycles. The Morgan fingerprint density at radius 2 is 2.50 bits per heavy atom. The molecular weight excluding hydrogens is 132 g/mol. The lowest BCUT2D eigenvalue weighted by Gasteiger charge is -1.96. The highest BCUT2D eigenvalue weighted by Gasteiger charge is 2.43. The van der Waals surface area contributed by atoms with Crippen molar-refractivity contribution < 1.29 is 14.3 Å². The molecule has 56 valence electrons. The van der Waals surface area contributed by atoms with Crippen molar-refractivity contribution in [2.45, 2.75) is 13.3 Å². The maximum atomic E-state index is 10.8. The van der Waals surface area contributed by atoms with Crippen LogP contribution in [-0.4, -0.2) is 18.9 Å². The van der Waals surface area contributed by atoms with Crippen LogP contribution in [0.15, 0.2) is 0 Å². The Morgan fingerprint density at radius 1 is 1.80 bits per heavy atom. The zero-order valence-electron chi connectivity index (χ0n) is 5.87. The molecule has 3 heteroatoms. The van der Waals surface area contributed by atoms with E-state index >= 15 is 0 Å². The van der Waals surface area contributed by atoms with Crippen LogP contribution in [0.1, 0.15) is 13.3 Å². The number of aldehydes is 1. The highest BCUT2D eigenvalue weighted by atomic mass is 16.5. The first-order valence-corrected chi connectivity index (χ1v) is 3.41. The molecule has 3 nitrogen and oxygen atoms in total. The van der Waals surface area contributed by atoms with Crippen LogP contribution in [-0.2, 0) is 14.3 Å². The average molecular weight is 142 g/mol. The SMILES string of the molecule is CCOC(=O)[C@@H]1CC1C=O. The van der Waals surface area contributed by atoms with E-state index in [-0.39, 0.29) is 17.8 Å². The van der Waals surface area contributed by atoms with Gasteiger partial charge in [-0.1, -0.05) is 0 Å². The predicted molar refractivity (Wildman–Crippen MR) is 34.3 cm³/mol. The van der Waals surface area contributed by atoms with Crippen molar-refractivity contribution in [1.82, 2.24) is 0 Å². The molecule has 0 saturated heterocycles. The van der Waals surface area contributed by atoms with Crippen LogP contribution in [0.3, 0.4) is 0 Å². The minimum atomic E-state index is -0.223. The predicted octanol–water partition coefficient (Wildman–Crippen LogP) is 0.385. The van der Waals surface area contributed by atoms with E-state index in [2.05, 4.69) is 0 Å². The summed E-state index contributed by atoms with van der Waals surface area (Å²) < 4.78 is 4.70. The first kappa shape index (κ1) is 7.25. The fourth-order valence-electron chi connectivity index (χ4n) is 0.885. The van der Waals surface area contributed by atoms with Crippen molar-refractivity contribution in [3.8, 4) is 0 Å². The molecule has 0 heterocycles. The second-order valence-electron chi connectivity index (χ2n) is 2.39. The third-order valence-electron chi connectivity index (χ3n) is 1.60. The van der Waals surface area contributed by atoms with E-state index in [1.165, 1.54) is 0 Å². The Bertz CT molecular complexity index is 153. The number of carbonyl (C=O) groups is 2. The first-order chi connectivity index (χ1) is 4.79. The van der Waals surface area contributed by atoms with Gasteiger partial charge in [0.2, 0.25) is 0 Å². The molecule has 0 amide bonds. The van der Waals surface area contributed by atoms with E-state index in [0.717, 1.165) is 6.29 Å². The van der Waals surface area contributed by atoms with Gasteiger partial charge in [0.1, 0.15) is 6.29 Å². The summed E-state index contributed by atoms with van der Waals surface area (Å²) in [5, 5.41) is 0. The zero-order chi connectivity index (χ0) is 7.56. The molecule has 1 saturated carbocycles. The highest BCUT2D eigenvalue weighted by molar-refractivity contribution is 5.81. The summed E-state index contributed by atoms with van der Waals surface area (Å²) in [6.45, 7) is 2.16. The highest BCUT2D eigenvalue weighted by Crippen LogP contribution is 2.37. The Kier molecular flexibility index (Phi) is 2.04. The van der Waals surface area contributed by atoms with Crippen LogP contribution in [0, 0.1) is 11.8 Å². The minimum Gasteiger partial charge on any atom is -0.466 e. The Hall–Kier alpha value is -0.860. The molecule has 0 aromatic rings. The van der Waals surface area contributed by atoms with Gasteiger partial charge >= 0.3 is 5.97 Å². The molecular formula is C7H10O3. The molecule has 1 aliphatic carbocycles. The van der Waals surface area contributed by atoms with Crippen LogP contribution in [0.2, 0.25) is 0 Å². The summed E-state index contributed by atoms with van der Waals surface area (Å²) in [6.07, 6.45) is 1.50. The average Bonchev–Trinajstić information content (AvgIpc) is 2.66. The topological polar surface area (TPSA) is 43.4 Å². The van der Waals surface area contributed by atoms with Crippen LogP contribution in [0.4, 0.5) is 0 Å². The molecule has 0 bridgehead atoms. The largest absolute Gasteiger partial charge is 0.466 e. The Balaban J connectivity index is 2.25. The van der Waals surface area contributed by atoms with Gasteiger partial charge in [-0.05, 0) is 13.3 Å². The van der Waals surface area contributed by atoms with Crippen LogP contribution in [0.5, 0.6) is 0 Å². The lowest BCUT2D eigenvalue weighted by Crippen LogP contribution is -2.07. The molecule has 1 fully saturated rings. The van der Waals surface area contributed by atoms with E-state index in [0.29, 0.717) is 13.0 Å². The van der Waals surface area contributed by atoms with Crippen molar-refractivity contribution in [3.63, 3.8) is 0 Å². The van der Waals surface area contributed by atoms with Gasteiger partial charge in [0.15, 0.2) is 0 Å². The maximum Gasteiger partial charge on any atom is 0.309 e. The fraction of sp³-hybridized carbons (Fsp3) is 0.714. The molecule has 0 spiro atoms. The molecule has 0 aromatic heterocycles. The van der Waals surface area contributed by atoms with E-state index in [9.17, 15) is 9.59 Å². The van der Waals surface area contributed by atoms with Crippen molar-refractivity contribution in [1.29, 1.82) is 0 Å². The minimum absolute atomic E-state index is 0.0564. The number of ether oxygens (including phenoxy) is 1. The molecule has 10 heavy (non-hydrogen) atoms. The number of rotatable bonds is 3. The first-order valence-electron chi connectivity index (χ1n) is 3.41. The van der Waals surface area contributed by atoms with Gasteiger partial charge in [-0.3, -0.25) is 4.79 Å². The van der Waals surface area contributed by atoms with E-state index in [1.54, 1.807) is 6.92 Å². The molecule has 1 rings (SSSR count). The molecule has 2 atom stereocenters. The third kappa shape index (κ3) is 1.35. The summed E-state index contributed by atoms with van der Waals surface area (Å²) in [5.41, 5.74) is 0. The third-order valence-corrected chi connectivity index (χ3v) is 1.60. The van der Waals surface area contributed by atoms with E-state index in [1.807, 2.05) is 0 Å². The van der Waals surface area contributed by atoms with Crippen molar-refractivity contribution in [2.24, 2.45) is 11.8 Å². The summed E-state index contributed by atoms with van der Waals surface area (Å²) >= 11 is 0. The quantitative estimate of drug-likeness (QED) is 0.422. The van der Waals surface area contributed by atoms with Crippen molar-refractivity contribution in [2.75, 3.05) is 6.61 Å². The monoisotopic (exact) mass is 142 g/mol. The number of esters is 1. The second kappa shape index (κ2) is 2.82. The number of carbonyl (C=O) groups excluding carboxylic acids is 2. The normalized spacial score (nSPS) is 29.3. The standard InChI is InChI=1S/C7H10O3/c1-2-10-7(9)6-3-5(6)4-8/h4-6H,2-3H2,1H3/t5?,6-/m1/s1. The lowest BCUT2D eigenvalue weighted by molar-refractivity contribution is -0.145. The second-order valence-corrected chi connectivity index (χ2v) is 2.39. The van der Waals surface area contributed by atoms with Crippen LogP contribution in [0.25, 0.3) is 0 Å².